The average molecular weight is 228 g/mol. The van der Waals surface area contributed by atoms with Gasteiger partial charge in [-0.3, -0.25) is 0 Å². The summed E-state index contributed by atoms with van der Waals surface area (Å²) in [6.07, 6.45) is -5.30. The van der Waals surface area contributed by atoms with Gasteiger partial charge in [-0.25, -0.2) is 4.39 Å². The molecule has 0 radical (unpaired) electrons. The Morgan fingerprint density at radius 2 is 1.81 bits per heavy atom. The molecule has 0 amide bonds. The molecular weight excluding hydrogens is 224 g/mol. The molecule has 0 aliphatic heterocycles. The van der Waals surface area contributed by atoms with Crippen molar-refractivity contribution in [3.63, 3.8) is 0 Å². The van der Waals surface area contributed by atoms with Crippen molar-refractivity contribution in [1.82, 2.24) is 0 Å². The van der Waals surface area contributed by atoms with Crippen LogP contribution >= 0.6 is 0 Å². The third-order valence-electron chi connectivity index (χ3n) is 1.93. The van der Waals surface area contributed by atoms with Gasteiger partial charge in [-0.05, 0) is 12.1 Å². The molecule has 0 fully saturated rings. The smallest absolute Gasteiger partial charge is 0.207 e. The number of alkyl halides is 3. The van der Waals surface area contributed by atoms with Crippen LogP contribution in [0, 0.1) is 28.5 Å². The largest absolute Gasteiger partial charge is 0.417 e. The Morgan fingerprint density at radius 1 is 1.19 bits per heavy atom. The average Bonchev–Trinajstić information content (AvgIpc) is 2.19. The minimum absolute atomic E-state index is 0.495. The van der Waals surface area contributed by atoms with Gasteiger partial charge in [-0.15, -0.1) is 0 Å². The second kappa shape index (κ2) is 4.19. The van der Waals surface area contributed by atoms with E-state index in [0.717, 1.165) is 0 Å². The van der Waals surface area contributed by atoms with Crippen molar-refractivity contribution >= 4 is 0 Å². The van der Waals surface area contributed by atoms with Crippen LogP contribution in [0.3, 0.4) is 0 Å². The van der Waals surface area contributed by atoms with Crippen molar-refractivity contribution in [2.45, 2.75) is 12.6 Å². The summed E-state index contributed by atoms with van der Waals surface area (Å²) in [6, 6.07) is 3.91. The summed E-state index contributed by atoms with van der Waals surface area (Å²) >= 11 is 0. The van der Waals surface area contributed by atoms with Crippen LogP contribution in [0.15, 0.2) is 12.1 Å². The van der Waals surface area contributed by atoms with Gasteiger partial charge in [0.05, 0.1) is 23.6 Å². The number of rotatable bonds is 1. The lowest BCUT2D eigenvalue weighted by Crippen LogP contribution is -2.10. The van der Waals surface area contributed by atoms with Crippen molar-refractivity contribution in [2.24, 2.45) is 0 Å². The molecule has 0 heterocycles. The van der Waals surface area contributed by atoms with E-state index in [2.05, 4.69) is 0 Å². The lowest BCUT2D eigenvalue weighted by molar-refractivity contribution is -0.137. The van der Waals surface area contributed by atoms with E-state index >= 15 is 0 Å². The van der Waals surface area contributed by atoms with Gasteiger partial charge in [0, 0.05) is 5.56 Å². The molecule has 82 valence electrons. The molecule has 0 aliphatic rings. The first-order valence-electron chi connectivity index (χ1n) is 4.07. The predicted octanol–water partition coefficient (Wildman–Crippen LogP) is 2.78. The first-order chi connectivity index (χ1) is 7.41. The summed E-state index contributed by atoms with van der Waals surface area (Å²) in [6.45, 7) is 0. The summed E-state index contributed by atoms with van der Waals surface area (Å²) < 4.78 is 50.4. The van der Waals surface area contributed by atoms with E-state index in [9.17, 15) is 17.6 Å². The molecule has 0 aliphatic carbocycles. The minimum Gasteiger partial charge on any atom is -0.207 e. The normalized spacial score (nSPS) is 10.6. The van der Waals surface area contributed by atoms with E-state index in [1.165, 1.54) is 12.1 Å². The SMILES string of the molecule is N#CCc1c(F)ccc(C(F)(F)F)c1C#N. The van der Waals surface area contributed by atoms with Gasteiger partial charge in [0.15, 0.2) is 0 Å². The van der Waals surface area contributed by atoms with Gasteiger partial charge >= 0.3 is 6.18 Å². The fourth-order valence-electron chi connectivity index (χ4n) is 1.24. The summed E-state index contributed by atoms with van der Waals surface area (Å²) in [5.41, 5.74) is -2.56. The molecule has 1 rings (SSSR count). The van der Waals surface area contributed by atoms with E-state index < -0.39 is 35.1 Å². The highest BCUT2D eigenvalue weighted by atomic mass is 19.4. The third-order valence-corrected chi connectivity index (χ3v) is 1.93. The second-order valence-corrected chi connectivity index (χ2v) is 2.89. The Kier molecular flexibility index (Phi) is 3.14. The molecule has 0 bridgehead atoms. The molecule has 1 aromatic rings. The van der Waals surface area contributed by atoms with E-state index in [0.29, 0.717) is 12.1 Å². The zero-order valence-electron chi connectivity index (χ0n) is 7.77. The van der Waals surface area contributed by atoms with Crippen LogP contribution in [0.4, 0.5) is 17.6 Å². The number of benzene rings is 1. The third kappa shape index (κ3) is 2.12. The van der Waals surface area contributed by atoms with Crippen LogP contribution in [0.25, 0.3) is 0 Å². The van der Waals surface area contributed by atoms with Gasteiger partial charge in [0.25, 0.3) is 0 Å². The van der Waals surface area contributed by atoms with Crippen molar-refractivity contribution in [3.05, 3.63) is 34.6 Å². The van der Waals surface area contributed by atoms with Crippen LogP contribution in [0.2, 0.25) is 0 Å². The Balaban J connectivity index is 3.52. The van der Waals surface area contributed by atoms with Crippen LogP contribution in [-0.2, 0) is 12.6 Å². The van der Waals surface area contributed by atoms with Crippen LogP contribution in [-0.4, -0.2) is 0 Å². The number of nitrogens with zero attached hydrogens (tertiary/aromatic N) is 2. The fraction of sp³-hybridized carbons (Fsp3) is 0.200. The monoisotopic (exact) mass is 228 g/mol. The van der Waals surface area contributed by atoms with Gasteiger partial charge in [0.2, 0.25) is 0 Å². The van der Waals surface area contributed by atoms with Gasteiger partial charge in [0.1, 0.15) is 11.9 Å². The van der Waals surface area contributed by atoms with Gasteiger partial charge in [-0.2, -0.15) is 23.7 Å². The quantitative estimate of drug-likeness (QED) is 0.694. The molecule has 0 saturated heterocycles. The Labute approximate surface area is 88.3 Å². The molecule has 2 nitrogen and oxygen atoms in total. The van der Waals surface area contributed by atoms with E-state index in [-0.39, 0.29) is 0 Å². The van der Waals surface area contributed by atoms with Gasteiger partial charge in [-0.1, -0.05) is 0 Å². The standard InChI is InChI=1S/C10H4F4N2/c11-9-2-1-8(10(12,13)14)7(5-16)6(9)3-4-15/h1-2H,3H2. The van der Waals surface area contributed by atoms with E-state index in [4.69, 9.17) is 10.5 Å². The zero-order valence-corrected chi connectivity index (χ0v) is 7.77. The van der Waals surface area contributed by atoms with Crippen LogP contribution < -0.4 is 0 Å². The van der Waals surface area contributed by atoms with Crippen LogP contribution in [0.5, 0.6) is 0 Å². The van der Waals surface area contributed by atoms with Gasteiger partial charge < -0.3 is 0 Å². The van der Waals surface area contributed by atoms with E-state index in [1.807, 2.05) is 0 Å². The van der Waals surface area contributed by atoms with Crippen molar-refractivity contribution < 1.29 is 17.6 Å². The molecule has 0 aromatic heterocycles. The highest BCUT2D eigenvalue weighted by Crippen LogP contribution is 2.33. The van der Waals surface area contributed by atoms with Crippen molar-refractivity contribution in [2.75, 3.05) is 0 Å². The first kappa shape index (κ1) is 12.0. The molecule has 16 heavy (non-hydrogen) atoms. The molecule has 0 saturated carbocycles. The van der Waals surface area contributed by atoms with Crippen molar-refractivity contribution in [1.29, 1.82) is 10.5 Å². The first-order valence-corrected chi connectivity index (χ1v) is 4.07. The summed E-state index contributed by atoms with van der Waals surface area (Å²) in [4.78, 5) is 0. The lowest BCUT2D eigenvalue weighted by atomic mass is 9.99. The number of hydrogen-bond donors (Lipinski definition) is 0. The maximum absolute atomic E-state index is 13.1. The predicted molar refractivity (Wildman–Crippen MR) is 45.4 cm³/mol. The summed E-state index contributed by atoms with van der Waals surface area (Å²) in [5, 5.41) is 16.9. The molecule has 0 spiro atoms. The maximum Gasteiger partial charge on any atom is 0.417 e. The topological polar surface area (TPSA) is 47.6 Å². The molecule has 0 N–H and O–H groups in total. The maximum atomic E-state index is 13.1. The zero-order chi connectivity index (χ0) is 12.3. The molecule has 0 atom stereocenters. The van der Waals surface area contributed by atoms with E-state index in [1.54, 1.807) is 0 Å². The van der Waals surface area contributed by atoms with Crippen molar-refractivity contribution in [3.8, 4) is 12.1 Å². The minimum atomic E-state index is -4.73. The fourth-order valence-corrected chi connectivity index (χ4v) is 1.24. The van der Waals surface area contributed by atoms with Crippen LogP contribution in [0.1, 0.15) is 16.7 Å². The molecule has 6 heteroatoms. The second-order valence-electron chi connectivity index (χ2n) is 2.89. The molecule has 1 aromatic carbocycles. The Hall–Kier alpha value is -2.08. The number of halogens is 4. The molecular formula is C10H4F4N2. The number of hydrogen-bond acceptors (Lipinski definition) is 2. The summed E-state index contributed by atoms with van der Waals surface area (Å²) in [7, 11) is 0. The number of nitriles is 2. The Morgan fingerprint density at radius 3 is 2.25 bits per heavy atom. The highest BCUT2D eigenvalue weighted by Gasteiger charge is 2.35. The lowest BCUT2D eigenvalue weighted by Gasteiger charge is -2.11. The highest BCUT2D eigenvalue weighted by molar-refractivity contribution is 5.47. The Bertz CT molecular complexity index is 491. The molecule has 0 unspecified atom stereocenters. The summed E-state index contributed by atoms with van der Waals surface area (Å²) in [5.74, 6) is -0.980.